The van der Waals surface area contributed by atoms with Crippen LogP contribution in [0.5, 0.6) is 0 Å². The van der Waals surface area contributed by atoms with Crippen LogP contribution in [-0.4, -0.2) is 25.8 Å². The Kier molecular flexibility index (Phi) is 1.79. The van der Waals surface area contributed by atoms with Crippen LogP contribution in [0.2, 0.25) is 0 Å². The molecule has 1 aliphatic heterocycles. The topological polar surface area (TPSA) is 68.0 Å². The number of aliphatic carboxylic acids is 1. The van der Waals surface area contributed by atoms with Gasteiger partial charge in [0.25, 0.3) is 0 Å². The number of hydrogen-bond donors (Lipinski definition) is 1. The Morgan fingerprint density at radius 1 is 1.62 bits per heavy atom. The number of fused-ring (bicyclic) bond motifs is 1. The minimum Gasteiger partial charge on any atom is -0.481 e. The molecule has 0 saturated carbocycles. The number of carboxylic acids is 1. The molecule has 0 aromatic carbocycles. The summed E-state index contributed by atoms with van der Waals surface area (Å²) in [4.78, 5) is 10.7. The second-order valence-electron chi connectivity index (χ2n) is 3.29. The van der Waals surface area contributed by atoms with E-state index < -0.39 is 11.9 Å². The normalized spacial score (nSPS) is 17.0. The smallest absolute Gasteiger partial charge is 0.313 e. The van der Waals surface area contributed by atoms with E-state index in [4.69, 9.17) is 5.11 Å². The van der Waals surface area contributed by atoms with Gasteiger partial charge in [0.05, 0.1) is 0 Å². The van der Waals surface area contributed by atoms with E-state index in [0.29, 0.717) is 5.82 Å². The third-order valence-corrected chi connectivity index (χ3v) is 2.40. The molecule has 1 N–H and O–H groups in total. The first-order chi connectivity index (χ1) is 6.20. The van der Waals surface area contributed by atoms with Crippen molar-refractivity contribution in [3.8, 4) is 0 Å². The van der Waals surface area contributed by atoms with Crippen molar-refractivity contribution in [1.82, 2.24) is 14.8 Å². The number of nitrogens with zero attached hydrogens (tertiary/aromatic N) is 3. The van der Waals surface area contributed by atoms with E-state index in [2.05, 4.69) is 10.2 Å². The molecule has 0 fully saturated rings. The highest BCUT2D eigenvalue weighted by molar-refractivity contribution is 5.74. The molecular weight excluding hydrogens is 170 g/mol. The van der Waals surface area contributed by atoms with Gasteiger partial charge in [-0.3, -0.25) is 4.79 Å². The summed E-state index contributed by atoms with van der Waals surface area (Å²) in [5.74, 6) is 0.101. The SMILES string of the molecule is CC(C(=O)O)c1nnc2n1CCC2. The summed E-state index contributed by atoms with van der Waals surface area (Å²) < 4.78 is 1.92. The fraction of sp³-hybridized carbons (Fsp3) is 0.625. The number of carbonyl (C=O) groups is 1. The lowest BCUT2D eigenvalue weighted by Crippen LogP contribution is -2.13. The van der Waals surface area contributed by atoms with Gasteiger partial charge in [0, 0.05) is 13.0 Å². The lowest BCUT2D eigenvalue weighted by atomic mass is 10.2. The van der Waals surface area contributed by atoms with Gasteiger partial charge in [-0.1, -0.05) is 0 Å². The summed E-state index contributed by atoms with van der Waals surface area (Å²) in [6.45, 7) is 2.49. The average molecular weight is 181 g/mol. The summed E-state index contributed by atoms with van der Waals surface area (Å²) in [6.07, 6.45) is 1.96. The lowest BCUT2D eigenvalue weighted by molar-refractivity contribution is -0.138. The number of carboxylic acid groups (broad SMARTS) is 1. The maximum atomic E-state index is 10.7. The van der Waals surface area contributed by atoms with E-state index in [1.165, 1.54) is 0 Å². The van der Waals surface area contributed by atoms with E-state index in [0.717, 1.165) is 25.2 Å². The number of rotatable bonds is 2. The highest BCUT2D eigenvalue weighted by Crippen LogP contribution is 2.20. The fourth-order valence-electron chi connectivity index (χ4n) is 1.60. The van der Waals surface area contributed by atoms with Crippen molar-refractivity contribution in [3.05, 3.63) is 11.6 Å². The molecule has 1 aromatic heterocycles. The first-order valence-corrected chi connectivity index (χ1v) is 4.35. The molecule has 0 amide bonds. The first-order valence-electron chi connectivity index (χ1n) is 4.35. The monoisotopic (exact) mass is 181 g/mol. The summed E-state index contributed by atoms with van der Waals surface area (Å²) in [6, 6.07) is 0. The van der Waals surface area contributed by atoms with Crippen molar-refractivity contribution >= 4 is 5.97 Å². The Bertz CT molecular complexity index is 345. The highest BCUT2D eigenvalue weighted by atomic mass is 16.4. The van der Waals surface area contributed by atoms with Crippen LogP contribution in [0.25, 0.3) is 0 Å². The van der Waals surface area contributed by atoms with Crippen molar-refractivity contribution in [1.29, 1.82) is 0 Å². The molecule has 0 bridgehead atoms. The molecule has 1 unspecified atom stereocenters. The molecule has 5 nitrogen and oxygen atoms in total. The van der Waals surface area contributed by atoms with Crippen LogP contribution in [0, 0.1) is 0 Å². The second kappa shape index (κ2) is 2.83. The zero-order valence-corrected chi connectivity index (χ0v) is 7.40. The predicted octanol–water partition coefficient (Wildman–Crippen LogP) is 0.412. The van der Waals surface area contributed by atoms with E-state index in [-0.39, 0.29) is 0 Å². The van der Waals surface area contributed by atoms with Crippen LogP contribution >= 0.6 is 0 Å². The molecule has 1 aromatic rings. The minimum atomic E-state index is -0.845. The Balaban J connectivity index is 2.36. The van der Waals surface area contributed by atoms with Gasteiger partial charge >= 0.3 is 5.97 Å². The van der Waals surface area contributed by atoms with Crippen LogP contribution in [0.1, 0.15) is 30.9 Å². The molecule has 0 saturated heterocycles. The summed E-state index contributed by atoms with van der Waals surface area (Å²) >= 11 is 0. The van der Waals surface area contributed by atoms with E-state index in [1.807, 2.05) is 4.57 Å². The van der Waals surface area contributed by atoms with Gasteiger partial charge in [-0.05, 0) is 13.3 Å². The number of hydrogen-bond acceptors (Lipinski definition) is 3. The van der Waals surface area contributed by atoms with Gasteiger partial charge in [0.15, 0.2) is 0 Å². The van der Waals surface area contributed by atoms with E-state index in [9.17, 15) is 4.79 Å². The molecule has 0 spiro atoms. The fourth-order valence-corrected chi connectivity index (χ4v) is 1.60. The van der Waals surface area contributed by atoms with Gasteiger partial charge in [-0.2, -0.15) is 0 Å². The van der Waals surface area contributed by atoms with Crippen LogP contribution in [-0.2, 0) is 17.8 Å². The van der Waals surface area contributed by atoms with Gasteiger partial charge in [-0.15, -0.1) is 10.2 Å². The van der Waals surface area contributed by atoms with Crippen LogP contribution in [0.3, 0.4) is 0 Å². The van der Waals surface area contributed by atoms with Gasteiger partial charge in [0.1, 0.15) is 17.6 Å². The van der Waals surface area contributed by atoms with Gasteiger partial charge in [0.2, 0.25) is 0 Å². The Hall–Kier alpha value is -1.39. The van der Waals surface area contributed by atoms with Crippen molar-refractivity contribution < 1.29 is 9.90 Å². The number of aromatic nitrogens is 3. The maximum Gasteiger partial charge on any atom is 0.313 e. The predicted molar refractivity (Wildman–Crippen MR) is 44.4 cm³/mol. The third kappa shape index (κ3) is 1.20. The van der Waals surface area contributed by atoms with Crippen LogP contribution in [0.4, 0.5) is 0 Å². The van der Waals surface area contributed by atoms with Crippen molar-refractivity contribution in [3.63, 3.8) is 0 Å². The van der Waals surface area contributed by atoms with E-state index in [1.54, 1.807) is 6.92 Å². The Morgan fingerprint density at radius 2 is 2.38 bits per heavy atom. The quantitative estimate of drug-likeness (QED) is 0.717. The van der Waals surface area contributed by atoms with Crippen molar-refractivity contribution in [2.24, 2.45) is 0 Å². The summed E-state index contributed by atoms with van der Waals surface area (Å²) in [7, 11) is 0. The highest BCUT2D eigenvalue weighted by Gasteiger charge is 2.24. The molecule has 2 heterocycles. The first kappa shape index (κ1) is 8.22. The standard InChI is InChI=1S/C8H11N3O2/c1-5(8(12)13)7-10-9-6-3-2-4-11(6)7/h5H,2-4H2,1H3,(H,12,13). The summed E-state index contributed by atoms with van der Waals surface area (Å²) in [5.41, 5.74) is 0. The van der Waals surface area contributed by atoms with Gasteiger partial charge < -0.3 is 9.67 Å². The van der Waals surface area contributed by atoms with Gasteiger partial charge in [-0.25, -0.2) is 0 Å². The summed E-state index contributed by atoms with van der Waals surface area (Å²) in [5, 5.41) is 16.6. The molecule has 0 radical (unpaired) electrons. The van der Waals surface area contributed by atoms with Crippen LogP contribution < -0.4 is 0 Å². The largest absolute Gasteiger partial charge is 0.481 e. The zero-order valence-electron chi connectivity index (χ0n) is 7.40. The number of aryl methyl sites for hydroxylation is 1. The molecule has 0 aliphatic carbocycles. The van der Waals surface area contributed by atoms with E-state index >= 15 is 0 Å². The molecule has 13 heavy (non-hydrogen) atoms. The molecule has 1 atom stereocenters. The zero-order chi connectivity index (χ0) is 9.42. The molecule has 5 heteroatoms. The third-order valence-electron chi connectivity index (χ3n) is 2.40. The molecule has 1 aliphatic rings. The van der Waals surface area contributed by atoms with Crippen molar-refractivity contribution in [2.75, 3.05) is 0 Å². The minimum absolute atomic E-state index is 0.556. The second-order valence-corrected chi connectivity index (χ2v) is 3.29. The molecule has 70 valence electrons. The average Bonchev–Trinajstić information content (AvgIpc) is 2.61. The Morgan fingerprint density at radius 3 is 3.08 bits per heavy atom. The molecular formula is C8H11N3O2. The molecule has 2 rings (SSSR count). The van der Waals surface area contributed by atoms with Crippen molar-refractivity contribution in [2.45, 2.75) is 32.2 Å². The lowest BCUT2D eigenvalue weighted by Gasteiger charge is -2.05. The van der Waals surface area contributed by atoms with Crippen LogP contribution in [0.15, 0.2) is 0 Å². The Labute approximate surface area is 75.4 Å². The maximum absolute atomic E-state index is 10.7.